The van der Waals surface area contributed by atoms with Crippen molar-refractivity contribution in [2.45, 2.75) is 44.4 Å². The van der Waals surface area contributed by atoms with Gasteiger partial charge in [-0.15, -0.1) is 0 Å². The van der Waals surface area contributed by atoms with E-state index in [1.165, 1.54) is 106 Å². The van der Waals surface area contributed by atoms with Crippen LogP contribution in [0.3, 0.4) is 0 Å². The van der Waals surface area contributed by atoms with E-state index in [-0.39, 0.29) is 0 Å². The van der Waals surface area contributed by atoms with E-state index in [0.717, 1.165) is 6.42 Å². The summed E-state index contributed by atoms with van der Waals surface area (Å²) >= 11 is 0. The van der Waals surface area contributed by atoms with Gasteiger partial charge < -0.3 is 0 Å². The van der Waals surface area contributed by atoms with Crippen LogP contribution in [-0.4, -0.2) is 0 Å². The number of hydrogen-bond donors (Lipinski definition) is 0. The summed E-state index contributed by atoms with van der Waals surface area (Å²) < 4.78 is 0. The van der Waals surface area contributed by atoms with Crippen molar-refractivity contribution in [2.75, 3.05) is 0 Å². The maximum absolute atomic E-state index is 2.55. The molecule has 0 nitrogen and oxygen atoms in total. The van der Waals surface area contributed by atoms with Crippen molar-refractivity contribution < 1.29 is 0 Å². The molecule has 2 aliphatic carbocycles. The van der Waals surface area contributed by atoms with E-state index >= 15 is 0 Å². The zero-order valence-corrected chi connectivity index (χ0v) is 27.9. The summed E-state index contributed by atoms with van der Waals surface area (Å²) in [5, 5.41) is 13.4. The summed E-state index contributed by atoms with van der Waals surface area (Å²) in [6, 6.07) is 52.5. The molecule has 10 rings (SSSR count). The highest BCUT2D eigenvalue weighted by Gasteiger charge is 2.28. The predicted molar refractivity (Wildman–Crippen MR) is 211 cm³/mol. The van der Waals surface area contributed by atoms with Crippen LogP contribution in [0.2, 0.25) is 0 Å². The highest BCUT2D eigenvalue weighted by Crippen LogP contribution is 2.47. The number of rotatable bonds is 4. The lowest BCUT2D eigenvalue weighted by molar-refractivity contribution is 0.417. The second kappa shape index (κ2) is 11.3. The molecule has 1 fully saturated rings. The molecule has 0 saturated heterocycles. The van der Waals surface area contributed by atoms with Crippen molar-refractivity contribution in [2.24, 2.45) is 0 Å². The summed E-state index contributed by atoms with van der Waals surface area (Å²) in [4.78, 5) is 0. The number of hydrogen-bond acceptors (Lipinski definition) is 0. The van der Waals surface area contributed by atoms with Gasteiger partial charge in [0.25, 0.3) is 0 Å². The van der Waals surface area contributed by atoms with Crippen molar-refractivity contribution in [3.8, 4) is 22.3 Å². The lowest BCUT2D eigenvalue weighted by Crippen LogP contribution is -2.29. The van der Waals surface area contributed by atoms with Gasteiger partial charge in [0.15, 0.2) is 0 Å². The zero-order chi connectivity index (χ0) is 32.5. The van der Waals surface area contributed by atoms with E-state index in [1.807, 2.05) is 0 Å². The van der Waals surface area contributed by atoms with Gasteiger partial charge in [0.05, 0.1) is 0 Å². The van der Waals surface area contributed by atoms with Gasteiger partial charge in [0.1, 0.15) is 0 Å². The van der Waals surface area contributed by atoms with Gasteiger partial charge in [-0.25, -0.2) is 0 Å². The first-order valence-electron chi connectivity index (χ1n) is 18.0. The first-order chi connectivity index (χ1) is 24.2. The highest BCUT2D eigenvalue weighted by molar-refractivity contribution is 6.14. The summed E-state index contributed by atoms with van der Waals surface area (Å²) in [6.45, 7) is 2.29. The lowest BCUT2D eigenvalue weighted by Gasteiger charge is -2.33. The Morgan fingerprint density at radius 2 is 1.18 bits per heavy atom. The van der Waals surface area contributed by atoms with E-state index in [4.69, 9.17) is 0 Å². The normalized spacial score (nSPS) is 16.0. The Labute approximate surface area is 287 Å². The van der Waals surface area contributed by atoms with E-state index < -0.39 is 0 Å². The van der Waals surface area contributed by atoms with Gasteiger partial charge in [0.2, 0.25) is 0 Å². The highest BCUT2D eigenvalue weighted by atomic mass is 14.3. The largest absolute Gasteiger partial charge is 0.0757 e. The molecular formula is C49H38. The molecule has 0 heterocycles. The summed E-state index contributed by atoms with van der Waals surface area (Å²) in [7, 11) is 0. The minimum Gasteiger partial charge on any atom is -0.0757 e. The molecule has 0 heteroatoms. The molecule has 0 bridgehead atoms. The smallest absolute Gasteiger partial charge is 0.00650 e. The van der Waals surface area contributed by atoms with Crippen LogP contribution in [0.25, 0.3) is 77.5 Å². The molecular weight excluding hydrogens is 589 g/mol. The van der Waals surface area contributed by atoms with Gasteiger partial charge in [-0.2, -0.15) is 0 Å². The number of aryl methyl sites for hydroxylation is 1. The average molecular weight is 627 g/mol. The van der Waals surface area contributed by atoms with E-state index in [9.17, 15) is 0 Å². The summed E-state index contributed by atoms with van der Waals surface area (Å²) in [6.07, 6.45) is 9.97. The van der Waals surface area contributed by atoms with Crippen LogP contribution in [0.1, 0.15) is 54.2 Å². The van der Waals surface area contributed by atoms with Crippen molar-refractivity contribution in [3.63, 3.8) is 0 Å². The molecule has 0 spiro atoms. The molecule has 1 atom stereocenters. The van der Waals surface area contributed by atoms with E-state index in [0.29, 0.717) is 11.8 Å². The van der Waals surface area contributed by atoms with E-state index in [2.05, 4.69) is 159 Å². The van der Waals surface area contributed by atoms with Crippen LogP contribution in [0.15, 0.2) is 140 Å². The molecule has 0 aromatic heterocycles. The fourth-order valence-electron chi connectivity index (χ4n) is 8.91. The predicted octanol–water partition coefficient (Wildman–Crippen LogP) is 12.0. The maximum atomic E-state index is 2.55. The molecule has 2 aliphatic rings. The third-order valence-corrected chi connectivity index (χ3v) is 11.6. The molecule has 0 aliphatic heterocycles. The summed E-state index contributed by atoms with van der Waals surface area (Å²) in [5.74, 6) is 1.00. The number of benzene rings is 8. The Hall–Kier alpha value is -5.46. The zero-order valence-electron chi connectivity index (χ0n) is 27.9. The molecule has 1 saturated carbocycles. The minimum absolute atomic E-state index is 0.373. The molecule has 1 unspecified atom stereocenters. The van der Waals surface area contributed by atoms with Gasteiger partial charge in [-0.1, -0.05) is 146 Å². The van der Waals surface area contributed by atoms with Crippen LogP contribution in [0.5, 0.6) is 0 Å². The molecule has 8 aromatic rings. The van der Waals surface area contributed by atoms with Crippen LogP contribution >= 0.6 is 0 Å². The molecule has 0 amide bonds. The lowest BCUT2D eigenvalue weighted by atomic mass is 9.72. The van der Waals surface area contributed by atoms with Gasteiger partial charge in [0, 0.05) is 5.92 Å². The van der Waals surface area contributed by atoms with Crippen LogP contribution < -0.4 is 10.4 Å². The van der Waals surface area contributed by atoms with Crippen LogP contribution in [-0.2, 0) is 0 Å². The van der Waals surface area contributed by atoms with Gasteiger partial charge in [-0.05, 0) is 137 Å². The number of fused-ring (bicyclic) bond motifs is 7. The van der Waals surface area contributed by atoms with Crippen LogP contribution in [0, 0.1) is 6.92 Å². The van der Waals surface area contributed by atoms with Crippen LogP contribution in [0.4, 0.5) is 0 Å². The Kier molecular flexibility index (Phi) is 6.59. The molecule has 49 heavy (non-hydrogen) atoms. The summed E-state index contributed by atoms with van der Waals surface area (Å²) in [5.41, 5.74) is 9.85. The Morgan fingerprint density at radius 1 is 0.510 bits per heavy atom. The third kappa shape index (κ3) is 4.66. The quantitative estimate of drug-likeness (QED) is 0.171. The second-order valence-electron chi connectivity index (χ2n) is 14.4. The molecule has 8 aromatic carbocycles. The standard InChI is InChI=1S/C49H38/c1-31-27-39-10-3-5-14-42(39)44-16-8-17-45(48(31)44)46-18-7-15-43(49(46)34-11-6-12-34)40-26-25-35-28-36(23-24-37(35)29-40)38-22-21-33-20-19-32-9-2-4-13-41(32)47(33)30-38/h2-5,7-10,13-25,27-30,34,40H,6,11-12,26H2,1H3. The first kappa shape index (κ1) is 28.5. The van der Waals surface area contributed by atoms with Crippen molar-refractivity contribution in [1.82, 2.24) is 0 Å². The molecule has 0 radical (unpaired) electrons. The van der Waals surface area contributed by atoms with Crippen molar-refractivity contribution >= 4 is 55.2 Å². The monoisotopic (exact) mass is 626 g/mol. The Bertz CT molecular complexity index is 2740. The SMILES string of the molecule is Cc1cc2ccccc2c2cccc(-c3cccc(C4C=c5ccc(-c6ccc7ccc8ccccc8c7c6)cc5=CC4)c3C3CCC3)c12. The van der Waals surface area contributed by atoms with Crippen molar-refractivity contribution in [1.29, 1.82) is 0 Å². The maximum Gasteiger partial charge on any atom is 0.00650 e. The van der Waals surface area contributed by atoms with Gasteiger partial charge >= 0.3 is 0 Å². The third-order valence-electron chi connectivity index (χ3n) is 11.6. The van der Waals surface area contributed by atoms with Crippen molar-refractivity contribution in [3.05, 3.63) is 167 Å². The second-order valence-corrected chi connectivity index (χ2v) is 14.4. The minimum atomic E-state index is 0.373. The topological polar surface area (TPSA) is 0 Å². The molecule has 0 N–H and O–H groups in total. The Morgan fingerprint density at radius 3 is 2.02 bits per heavy atom. The average Bonchev–Trinajstić information content (AvgIpc) is 3.13. The van der Waals surface area contributed by atoms with Gasteiger partial charge in [-0.3, -0.25) is 0 Å². The first-order valence-corrected chi connectivity index (χ1v) is 18.0. The fraction of sp³-hybridized carbons (Fsp3) is 0.143. The van der Waals surface area contributed by atoms with E-state index in [1.54, 1.807) is 5.56 Å². The molecule has 234 valence electrons. The fourth-order valence-corrected chi connectivity index (χ4v) is 8.91. The Balaban J connectivity index is 1.08.